The summed E-state index contributed by atoms with van der Waals surface area (Å²) >= 11 is 0. The number of hydrogen-bond acceptors (Lipinski definition) is 3. The van der Waals surface area contributed by atoms with E-state index in [-0.39, 0.29) is 0 Å². The van der Waals surface area contributed by atoms with Gasteiger partial charge >= 0.3 is 0 Å². The van der Waals surface area contributed by atoms with Crippen LogP contribution in [0.25, 0.3) is 0 Å². The number of nitrogens with zero attached hydrogens (tertiary/aromatic N) is 4. The fourth-order valence-electron chi connectivity index (χ4n) is 6.84. The van der Waals surface area contributed by atoms with Crippen molar-refractivity contribution >= 4 is 5.91 Å². The SMILES string of the molecule is Cn1ccnc1CN1CCN(C(=O)CC23CC4CC(CC(C4)C2)C3)CC1. The summed E-state index contributed by atoms with van der Waals surface area (Å²) in [6.07, 6.45) is 13.1. The third-order valence-electron chi connectivity index (χ3n) is 7.70. The third kappa shape index (κ3) is 3.08. The molecule has 4 aliphatic carbocycles. The molecule has 0 unspecified atom stereocenters. The van der Waals surface area contributed by atoms with Gasteiger partial charge in [-0.2, -0.15) is 0 Å². The van der Waals surface area contributed by atoms with Crippen molar-refractivity contribution in [2.45, 2.75) is 51.5 Å². The predicted octanol–water partition coefficient (Wildman–Crippen LogP) is 2.67. The molecule has 0 spiro atoms. The van der Waals surface area contributed by atoms with Gasteiger partial charge in [-0.3, -0.25) is 9.69 Å². The van der Waals surface area contributed by atoms with E-state index in [4.69, 9.17) is 0 Å². The van der Waals surface area contributed by atoms with Crippen LogP contribution in [0.15, 0.2) is 12.4 Å². The quantitative estimate of drug-likeness (QED) is 0.833. The van der Waals surface area contributed by atoms with Crippen molar-refractivity contribution in [3.8, 4) is 0 Å². The van der Waals surface area contributed by atoms with E-state index in [9.17, 15) is 4.79 Å². The first-order valence-corrected chi connectivity index (χ1v) is 10.5. The lowest BCUT2D eigenvalue weighted by Gasteiger charge is -2.57. The van der Waals surface area contributed by atoms with Crippen LogP contribution < -0.4 is 0 Å². The summed E-state index contributed by atoms with van der Waals surface area (Å²) in [7, 11) is 2.05. The summed E-state index contributed by atoms with van der Waals surface area (Å²) < 4.78 is 2.09. The topological polar surface area (TPSA) is 41.4 Å². The van der Waals surface area contributed by atoms with Gasteiger partial charge in [0.2, 0.25) is 5.91 Å². The zero-order valence-electron chi connectivity index (χ0n) is 16.1. The molecule has 4 saturated carbocycles. The van der Waals surface area contributed by atoms with Gasteiger partial charge in [0.05, 0.1) is 6.54 Å². The zero-order chi connectivity index (χ0) is 17.7. The van der Waals surface area contributed by atoms with Gasteiger partial charge in [-0.15, -0.1) is 0 Å². The number of rotatable bonds is 4. The maximum atomic E-state index is 13.1. The molecule has 0 atom stereocenters. The second kappa shape index (κ2) is 6.36. The van der Waals surface area contributed by atoms with E-state index in [1.165, 1.54) is 38.5 Å². The first-order chi connectivity index (χ1) is 12.6. The molecule has 142 valence electrons. The average Bonchev–Trinajstić information content (AvgIpc) is 2.98. The van der Waals surface area contributed by atoms with Crippen LogP contribution in [0.3, 0.4) is 0 Å². The fraction of sp³-hybridized carbons (Fsp3) is 0.810. The number of aromatic nitrogens is 2. The summed E-state index contributed by atoms with van der Waals surface area (Å²) in [6, 6.07) is 0. The van der Waals surface area contributed by atoms with E-state index >= 15 is 0 Å². The summed E-state index contributed by atoms with van der Waals surface area (Å²) in [6.45, 7) is 4.60. The van der Waals surface area contributed by atoms with Crippen LogP contribution in [-0.4, -0.2) is 51.4 Å². The largest absolute Gasteiger partial charge is 0.340 e. The Morgan fingerprint density at radius 2 is 1.69 bits per heavy atom. The fourth-order valence-corrected chi connectivity index (χ4v) is 6.84. The number of piperazine rings is 1. The van der Waals surface area contributed by atoms with Crippen molar-refractivity contribution in [2.75, 3.05) is 26.2 Å². The molecule has 1 aliphatic heterocycles. The van der Waals surface area contributed by atoms with Crippen LogP contribution in [0.2, 0.25) is 0 Å². The van der Waals surface area contributed by atoms with Crippen LogP contribution in [0.4, 0.5) is 0 Å². The van der Waals surface area contributed by atoms with Crippen LogP contribution in [0.1, 0.15) is 50.8 Å². The molecule has 0 radical (unpaired) electrons. The van der Waals surface area contributed by atoms with E-state index < -0.39 is 0 Å². The molecule has 26 heavy (non-hydrogen) atoms. The second-order valence-electron chi connectivity index (χ2n) is 9.71. The van der Waals surface area contributed by atoms with Crippen molar-refractivity contribution in [2.24, 2.45) is 30.2 Å². The van der Waals surface area contributed by atoms with Gasteiger partial charge in [0.25, 0.3) is 0 Å². The van der Waals surface area contributed by atoms with E-state index in [1.54, 1.807) is 0 Å². The van der Waals surface area contributed by atoms with E-state index in [0.717, 1.165) is 62.7 Å². The summed E-state index contributed by atoms with van der Waals surface area (Å²) in [5, 5.41) is 0. The Bertz CT molecular complexity index is 638. The number of hydrogen-bond donors (Lipinski definition) is 0. The van der Waals surface area contributed by atoms with Crippen molar-refractivity contribution < 1.29 is 4.79 Å². The summed E-state index contributed by atoms with van der Waals surface area (Å²) in [5.74, 6) is 4.35. The maximum absolute atomic E-state index is 13.1. The number of amides is 1. The lowest BCUT2D eigenvalue weighted by molar-refractivity contribution is -0.141. The van der Waals surface area contributed by atoms with Crippen molar-refractivity contribution in [3.63, 3.8) is 0 Å². The molecule has 1 aromatic rings. The highest BCUT2D eigenvalue weighted by Crippen LogP contribution is 2.61. The monoisotopic (exact) mass is 356 g/mol. The van der Waals surface area contributed by atoms with Gasteiger partial charge in [0.15, 0.2) is 0 Å². The van der Waals surface area contributed by atoms with Gasteiger partial charge in [-0.25, -0.2) is 4.98 Å². The highest BCUT2D eigenvalue weighted by Gasteiger charge is 2.51. The normalized spacial score (nSPS) is 36.7. The summed E-state index contributed by atoms with van der Waals surface area (Å²) in [5.41, 5.74) is 0.371. The Kier molecular flexibility index (Phi) is 4.11. The zero-order valence-corrected chi connectivity index (χ0v) is 16.1. The lowest BCUT2D eigenvalue weighted by atomic mass is 9.49. The molecule has 1 amide bonds. The van der Waals surface area contributed by atoms with E-state index in [0.29, 0.717) is 11.3 Å². The van der Waals surface area contributed by atoms with Gasteiger partial charge < -0.3 is 9.47 Å². The summed E-state index contributed by atoms with van der Waals surface area (Å²) in [4.78, 5) is 22.1. The molecule has 1 saturated heterocycles. The Labute approximate surface area is 156 Å². The molecule has 5 fully saturated rings. The van der Waals surface area contributed by atoms with Crippen molar-refractivity contribution in [3.05, 3.63) is 18.2 Å². The molecule has 6 rings (SSSR count). The highest BCUT2D eigenvalue weighted by atomic mass is 16.2. The third-order valence-corrected chi connectivity index (χ3v) is 7.70. The van der Waals surface area contributed by atoms with Crippen LogP contribution >= 0.6 is 0 Å². The van der Waals surface area contributed by atoms with Gasteiger partial charge in [0.1, 0.15) is 5.82 Å². The van der Waals surface area contributed by atoms with E-state index in [2.05, 4.69) is 19.4 Å². The number of carbonyl (C=O) groups excluding carboxylic acids is 1. The molecule has 5 heteroatoms. The second-order valence-corrected chi connectivity index (χ2v) is 9.71. The molecule has 5 nitrogen and oxygen atoms in total. The predicted molar refractivity (Wildman–Crippen MR) is 100 cm³/mol. The van der Waals surface area contributed by atoms with Crippen LogP contribution in [0, 0.1) is 23.2 Å². The van der Waals surface area contributed by atoms with E-state index in [1.807, 2.05) is 19.4 Å². The smallest absolute Gasteiger partial charge is 0.223 e. The average molecular weight is 357 g/mol. The number of imidazole rings is 1. The Morgan fingerprint density at radius 1 is 1.08 bits per heavy atom. The standard InChI is InChI=1S/C21H32N4O/c1-23-3-2-22-19(23)15-24-4-6-25(7-5-24)20(26)14-21-11-16-8-17(12-21)10-18(9-16)13-21/h2-3,16-18H,4-15H2,1H3. The number of aryl methyl sites for hydroxylation is 1. The van der Waals surface area contributed by atoms with Crippen LogP contribution in [-0.2, 0) is 18.4 Å². The molecule has 5 aliphatic rings. The first-order valence-electron chi connectivity index (χ1n) is 10.5. The number of carbonyl (C=O) groups is 1. The van der Waals surface area contributed by atoms with Gasteiger partial charge in [-0.1, -0.05) is 0 Å². The molecule has 1 aromatic heterocycles. The first kappa shape index (κ1) is 16.8. The minimum Gasteiger partial charge on any atom is -0.340 e. The molecular formula is C21H32N4O. The van der Waals surface area contributed by atoms with Gasteiger partial charge in [-0.05, 0) is 61.7 Å². The molecule has 2 heterocycles. The van der Waals surface area contributed by atoms with Gasteiger partial charge in [0, 0.05) is 52.0 Å². The molecule has 0 N–H and O–H groups in total. The highest BCUT2D eigenvalue weighted by molar-refractivity contribution is 5.77. The minimum absolute atomic E-state index is 0.371. The Balaban J connectivity index is 1.16. The molecular weight excluding hydrogens is 324 g/mol. The van der Waals surface area contributed by atoms with Crippen LogP contribution in [0.5, 0.6) is 0 Å². The lowest BCUT2D eigenvalue weighted by Crippen LogP contribution is -2.52. The maximum Gasteiger partial charge on any atom is 0.223 e. The van der Waals surface area contributed by atoms with Crippen molar-refractivity contribution in [1.82, 2.24) is 19.4 Å². The Morgan fingerprint density at radius 3 is 2.23 bits per heavy atom. The molecule has 0 aromatic carbocycles. The van der Waals surface area contributed by atoms with Crippen molar-refractivity contribution in [1.29, 1.82) is 0 Å². The molecule has 4 bridgehead atoms. The Hall–Kier alpha value is -1.36. The minimum atomic E-state index is 0.371.